The largest absolute Gasteiger partial charge is 0.497 e. The number of allylic oxidation sites excluding steroid dienone is 1. The summed E-state index contributed by atoms with van der Waals surface area (Å²) in [5, 5.41) is 0. The molecular weight excluding hydrogens is 560 g/mol. The Morgan fingerprint density at radius 3 is 2.49 bits per heavy atom. The van der Waals surface area contributed by atoms with E-state index < -0.39 is 12.0 Å². The molecule has 0 bridgehead atoms. The number of fused-ring (bicyclic) bond motifs is 1. The van der Waals surface area contributed by atoms with E-state index in [4.69, 9.17) is 14.5 Å². The molecule has 0 unspecified atom stereocenters. The highest BCUT2D eigenvalue weighted by Gasteiger charge is 2.34. The number of ether oxygens (including phenoxy) is 2. The fraction of sp³-hybridized carbons (Fsp3) is 0.324. The molecule has 0 saturated carbocycles. The van der Waals surface area contributed by atoms with Gasteiger partial charge in [-0.25, -0.2) is 9.79 Å². The van der Waals surface area contributed by atoms with Crippen molar-refractivity contribution in [3.05, 3.63) is 108 Å². The van der Waals surface area contributed by atoms with Crippen LogP contribution in [0.3, 0.4) is 0 Å². The Balaban J connectivity index is 1.69. The van der Waals surface area contributed by atoms with Gasteiger partial charge < -0.3 is 18.9 Å². The molecule has 0 fully saturated rings. The van der Waals surface area contributed by atoms with E-state index in [0.29, 0.717) is 32.8 Å². The SMILES string of the molecule is CCCC1=C(C(=O)OCC)[C@@H](c2cccc(OC)c2)n2c(s/c(=C/c3cc(C)n(-c4ccc(N(C)C)cc4)c3C)c2=O)=N1. The van der Waals surface area contributed by atoms with Gasteiger partial charge >= 0.3 is 5.97 Å². The fourth-order valence-corrected chi connectivity index (χ4v) is 6.63. The summed E-state index contributed by atoms with van der Waals surface area (Å²) in [6.45, 7) is 8.18. The van der Waals surface area contributed by atoms with Crippen LogP contribution < -0.4 is 24.5 Å². The highest BCUT2D eigenvalue weighted by molar-refractivity contribution is 7.07. The van der Waals surface area contributed by atoms with Gasteiger partial charge in [0.25, 0.3) is 5.56 Å². The minimum atomic E-state index is -0.684. The molecule has 3 heterocycles. The molecule has 1 aliphatic heterocycles. The van der Waals surface area contributed by atoms with E-state index in [-0.39, 0.29) is 12.2 Å². The highest BCUT2D eigenvalue weighted by Crippen LogP contribution is 2.34. The number of esters is 1. The maximum atomic E-state index is 14.2. The molecular formula is C34H38N4O4S. The van der Waals surface area contributed by atoms with E-state index in [2.05, 4.69) is 53.6 Å². The Morgan fingerprint density at radius 2 is 1.84 bits per heavy atom. The second kappa shape index (κ2) is 12.5. The van der Waals surface area contributed by atoms with Gasteiger partial charge in [0.15, 0.2) is 4.80 Å². The predicted molar refractivity (Wildman–Crippen MR) is 172 cm³/mol. The minimum absolute atomic E-state index is 0.200. The number of hydrogen-bond donors (Lipinski definition) is 0. The summed E-state index contributed by atoms with van der Waals surface area (Å²) in [6.07, 6.45) is 3.32. The van der Waals surface area contributed by atoms with Gasteiger partial charge in [-0.15, -0.1) is 0 Å². The molecule has 0 radical (unpaired) electrons. The van der Waals surface area contributed by atoms with Crippen LogP contribution in [0.1, 0.15) is 55.2 Å². The van der Waals surface area contributed by atoms with Crippen molar-refractivity contribution in [2.45, 2.75) is 46.6 Å². The molecule has 4 aromatic rings. The van der Waals surface area contributed by atoms with Gasteiger partial charge in [-0.05, 0) is 86.9 Å². The van der Waals surface area contributed by atoms with Crippen molar-refractivity contribution >= 4 is 29.1 Å². The van der Waals surface area contributed by atoms with Gasteiger partial charge in [0, 0.05) is 36.9 Å². The number of anilines is 1. The lowest BCUT2D eigenvalue weighted by Crippen LogP contribution is -2.40. The van der Waals surface area contributed by atoms with E-state index >= 15 is 0 Å². The van der Waals surface area contributed by atoms with Crippen LogP contribution in [0.5, 0.6) is 5.75 Å². The lowest BCUT2D eigenvalue weighted by atomic mass is 9.94. The molecule has 0 N–H and O–H groups in total. The first-order valence-electron chi connectivity index (χ1n) is 14.5. The van der Waals surface area contributed by atoms with E-state index in [1.807, 2.05) is 51.4 Å². The third kappa shape index (κ3) is 5.69. The third-order valence-electron chi connectivity index (χ3n) is 7.68. The number of rotatable bonds is 9. The summed E-state index contributed by atoms with van der Waals surface area (Å²) >= 11 is 1.34. The molecule has 0 spiro atoms. The molecule has 9 heteroatoms. The Kier molecular flexibility index (Phi) is 8.73. The van der Waals surface area contributed by atoms with Crippen molar-refractivity contribution in [3.63, 3.8) is 0 Å². The van der Waals surface area contributed by atoms with Crippen molar-refractivity contribution in [3.8, 4) is 11.4 Å². The van der Waals surface area contributed by atoms with Crippen LogP contribution in [-0.4, -0.2) is 42.9 Å². The zero-order valence-corrected chi connectivity index (χ0v) is 26.6. The van der Waals surface area contributed by atoms with E-state index in [1.165, 1.54) is 11.3 Å². The second-order valence-electron chi connectivity index (χ2n) is 10.8. The first-order chi connectivity index (χ1) is 20.7. The average Bonchev–Trinajstić information content (AvgIpc) is 3.46. The second-order valence-corrected chi connectivity index (χ2v) is 11.8. The molecule has 2 aromatic heterocycles. The van der Waals surface area contributed by atoms with Crippen LogP contribution in [0.4, 0.5) is 5.69 Å². The van der Waals surface area contributed by atoms with Crippen LogP contribution in [0, 0.1) is 13.8 Å². The van der Waals surface area contributed by atoms with Crippen molar-refractivity contribution in [1.29, 1.82) is 0 Å². The number of carbonyl (C=O) groups is 1. The van der Waals surface area contributed by atoms with E-state index in [1.54, 1.807) is 18.6 Å². The third-order valence-corrected chi connectivity index (χ3v) is 8.67. The quantitative estimate of drug-likeness (QED) is 0.252. The van der Waals surface area contributed by atoms with Crippen molar-refractivity contribution in [2.75, 3.05) is 32.7 Å². The van der Waals surface area contributed by atoms with Crippen molar-refractivity contribution in [2.24, 2.45) is 4.99 Å². The van der Waals surface area contributed by atoms with Crippen LogP contribution >= 0.6 is 11.3 Å². The Hall–Kier alpha value is -4.37. The van der Waals surface area contributed by atoms with Crippen LogP contribution in [-0.2, 0) is 9.53 Å². The number of benzene rings is 2. The van der Waals surface area contributed by atoms with Crippen molar-refractivity contribution in [1.82, 2.24) is 9.13 Å². The predicted octanol–water partition coefficient (Wildman–Crippen LogP) is 5.06. The molecule has 0 amide bonds. The molecule has 2 aromatic carbocycles. The topological polar surface area (TPSA) is 78.1 Å². The van der Waals surface area contributed by atoms with Gasteiger partial charge in [-0.1, -0.05) is 36.8 Å². The lowest BCUT2D eigenvalue weighted by Gasteiger charge is -2.26. The maximum Gasteiger partial charge on any atom is 0.338 e. The van der Waals surface area contributed by atoms with Crippen LogP contribution in [0.2, 0.25) is 0 Å². The Bertz CT molecular complexity index is 1880. The highest BCUT2D eigenvalue weighted by atomic mass is 32.1. The smallest absolute Gasteiger partial charge is 0.338 e. The number of hydrogen-bond acceptors (Lipinski definition) is 7. The van der Waals surface area contributed by atoms with E-state index in [0.717, 1.165) is 40.3 Å². The Morgan fingerprint density at radius 1 is 1.09 bits per heavy atom. The molecule has 1 aliphatic rings. The van der Waals surface area contributed by atoms with Crippen molar-refractivity contribution < 1.29 is 14.3 Å². The molecule has 0 saturated heterocycles. The standard InChI is InChI=1S/C34H38N4O4S/c1-8-11-28-30(33(40)42-9-2)31(23-12-10-13-27(19-23)41-7)38-32(39)29(43-34(38)35-28)20-24-18-21(3)37(22(24)4)26-16-14-25(15-17-26)36(5)6/h10,12-20,31H,8-9,11H2,1-7H3/b29-20+/t31-/m1/s1. The van der Waals surface area contributed by atoms with Gasteiger partial charge in [0.1, 0.15) is 5.75 Å². The zero-order chi connectivity index (χ0) is 30.8. The van der Waals surface area contributed by atoms with Gasteiger partial charge in [-0.2, -0.15) is 0 Å². The monoisotopic (exact) mass is 598 g/mol. The van der Waals surface area contributed by atoms with E-state index in [9.17, 15) is 9.59 Å². The summed E-state index contributed by atoms with van der Waals surface area (Å²) in [5.41, 5.74) is 6.85. The molecule has 1 atom stereocenters. The number of thiazole rings is 1. The molecule has 224 valence electrons. The number of aryl methyl sites for hydroxylation is 1. The number of aromatic nitrogens is 2. The summed E-state index contributed by atoms with van der Waals surface area (Å²) in [6, 6.07) is 17.3. The normalized spacial score (nSPS) is 14.9. The first kappa shape index (κ1) is 30.1. The lowest BCUT2D eigenvalue weighted by molar-refractivity contribution is -0.139. The van der Waals surface area contributed by atoms with Gasteiger partial charge in [-0.3, -0.25) is 9.36 Å². The van der Waals surface area contributed by atoms with Gasteiger partial charge in [0.2, 0.25) is 0 Å². The summed E-state index contributed by atoms with van der Waals surface area (Å²) in [4.78, 5) is 35.1. The fourth-order valence-electron chi connectivity index (χ4n) is 5.62. The first-order valence-corrected chi connectivity index (χ1v) is 15.3. The molecule has 43 heavy (non-hydrogen) atoms. The minimum Gasteiger partial charge on any atom is -0.497 e. The summed E-state index contributed by atoms with van der Waals surface area (Å²) in [7, 11) is 5.64. The molecule has 0 aliphatic carbocycles. The number of methoxy groups -OCH3 is 1. The summed E-state index contributed by atoms with van der Waals surface area (Å²) < 4.78 is 15.4. The average molecular weight is 599 g/mol. The molecule has 8 nitrogen and oxygen atoms in total. The zero-order valence-electron chi connectivity index (χ0n) is 25.8. The Labute approximate surface area is 255 Å². The van der Waals surface area contributed by atoms with Crippen LogP contribution in [0.15, 0.2) is 75.7 Å². The van der Waals surface area contributed by atoms with Crippen LogP contribution in [0.25, 0.3) is 11.8 Å². The molecule has 5 rings (SSSR count). The number of carbonyl (C=O) groups excluding carboxylic acids is 1. The van der Waals surface area contributed by atoms with Gasteiger partial charge in [0.05, 0.1) is 35.6 Å². The maximum absolute atomic E-state index is 14.2. The summed E-state index contributed by atoms with van der Waals surface area (Å²) in [5.74, 6) is 0.184. The number of nitrogens with zero attached hydrogens (tertiary/aromatic N) is 4.